The average molecular weight is 726 g/mol. The van der Waals surface area contributed by atoms with Crippen LogP contribution < -0.4 is 4.74 Å². The summed E-state index contributed by atoms with van der Waals surface area (Å²) in [7, 11) is 0. The normalized spacial score (nSPS) is 12.4. The van der Waals surface area contributed by atoms with Crippen molar-refractivity contribution in [1.82, 2.24) is 23.9 Å². The number of nitrogens with zero attached hydrogens (tertiary/aromatic N) is 5. The molecule has 6 heteroatoms. The van der Waals surface area contributed by atoms with Crippen molar-refractivity contribution in [2.75, 3.05) is 0 Å². The minimum absolute atomic E-state index is 0.0517. The third kappa shape index (κ3) is 4.75. The molecule has 0 fully saturated rings. The monoisotopic (exact) mass is 725 g/mol. The van der Waals surface area contributed by atoms with Crippen LogP contribution in [0.1, 0.15) is 37.7 Å². The van der Waals surface area contributed by atoms with Crippen molar-refractivity contribution in [1.29, 1.82) is 0 Å². The van der Waals surface area contributed by atoms with Crippen LogP contribution in [0.15, 0.2) is 146 Å². The number of rotatable bonds is 4. The third-order valence-corrected chi connectivity index (χ3v) is 11.5. The predicted molar refractivity (Wildman–Crippen MR) is 229 cm³/mol. The Hall–Kier alpha value is -6.92. The van der Waals surface area contributed by atoms with Crippen molar-refractivity contribution in [3.63, 3.8) is 0 Å². The maximum atomic E-state index is 6.69. The van der Waals surface area contributed by atoms with Crippen LogP contribution in [0.5, 0.6) is 11.5 Å². The summed E-state index contributed by atoms with van der Waals surface area (Å²) in [6, 6.07) is 50.1. The van der Waals surface area contributed by atoms with Crippen LogP contribution in [0.3, 0.4) is 0 Å². The van der Waals surface area contributed by atoms with Crippen LogP contribution in [0.25, 0.3) is 83.1 Å². The molecule has 0 amide bonds. The highest BCUT2D eigenvalue weighted by Gasteiger charge is 2.28. The van der Waals surface area contributed by atoms with Gasteiger partial charge in [0.15, 0.2) is 0 Å². The van der Waals surface area contributed by atoms with Crippen molar-refractivity contribution in [3.8, 4) is 50.9 Å². The SMILES string of the molecule is Cc1cc(C)n(-c2cccc(Oc3ccc4c5c6c(ccc5n(-c5cc(C(C)(C)C)ccn5)c4c3)-n3c4ccccc4c4cccc(c43)-c3ccccc3-6)c2)n1. The smallest absolute Gasteiger partial charge is 0.137 e. The van der Waals surface area contributed by atoms with Gasteiger partial charge < -0.3 is 9.30 Å². The number of hydrogen-bond acceptors (Lipinski definition) is 3. The Bertz CT molecular complexity index is 3240. The summed E-state index contributed by atoms with van der Waals surface area (Å²) in [4.78, 5) is 5.04. The molecule has 4 aromatic heterocycles. The molecule has 6 aromatic carbocycles. The Morgan fingerprint density at radius 2 is 1.34 bits per heavy atom. The summed E-state index contributed by atoms with van der Waals surface area (Å²) >= 11 is 0. The number of pyridine rings is 1. The van der Waals surface area contributed by atoms with E-state index in [0.29, 0.717) is 0 Å². The van der Waals surface area contributed by atoms with E-state index in [2.05, 4.69) is 158 Å². The second-order valence-corrected chi connectivity index (χ2v) is 16.1. The van der Waals surface area contributed by atoms with Gasteiger partial charge in [0, 0.05) is 56.7 Å². The molecule has 0 saturated carbocycles. The van der Waals surface area contributed by atoms with Crippen molar-refractivity contribution in [2.24, 2.45) is 0 Å². The lowest BCUT2D eigenvalue weighted by Crippen LogP contribution is -2.12. The van der Waals surface area contributed by atoms with Crippen LogP contribution in [0.4, 0.5) is 0 Å². The molecule has 0 aliphatic carbocycles. The maximum absolute atomic E-state index is 6.69. The number of ether oxygens (including phenoxy) is 1. The van der Waals surface area contributed by atoms with E-state index in [9.17, 15) is 0 Å². The standard InChI is InChI=1S/C50H39N5O/c1-30-26-31(2)55(52-30)33-12-10-13-34(28-33)56-35-20-21-41-45(29-35)53(46-27-32(24-25-51-46)50(3,4)5)43-22-23-44-47(48(41)43)38-16-7-6-14-36(38)39-17-11-18-40-37-15-8-9-19-42(37)54(44)49(39)40/h6-29H,1-5H3. The molecule has 0 radical (unpaired) electrons. The van der Waals surface area contributed by atoms with E-state index in [1.807, 2.05) is 36.0 Å². The zero-order chi connectivity index (χ0) is 37.9. The number of hydrogen-bond donors (Lipinski definition) is 0. The van der Waals surface area contributed by atoms with Gasteiger partial charge in [-0.15, -0.1) is 0 Å². The minimum Gasteiger partial charge on any atom is -0.457 e. The predicted octanol–water partition coefficient (Wildman–Crippen LogP) is 12.8. The summed E-state index contributed by atoms with van der Waals surface area (Å²) in [6.07, 6.45) is 1.94. The highest BCUT2D eigenvalue weighted by Crippen LogP contribution is 2.51. The molecule has 0 atom stereocenters. The fourth-order valence-electron chi connectivity index (χ4n) is 8.98. The molecule has 0 spiro atoms. The first-order valence-electron chi connectivity index (χ1n) is 19.2. The van der Waals surface area contributed by atoms with Gasteiger partial charge in [0.2, 0.25) is 0 Å². The van der Waals surface area contributed by atoms with Gasteiger partial charge in [-0.2, -0.15) is 5.10 Å². The molecule has 56 heavy (non-hydrogen) atoms. The second-order valence-electron chi connectivity index (χ2n) is 16.1. The first kappa shape index (κ1) is 32.5. The van der Waals surface area contributed by atoms with Gasteiger partial charge in [0.1, 0.15) is 17.3 Å². The van der Waals surface area contributed by atoms with E-state index in [-0.39, 0.29) is 5.41 Å². The molecule has 11 rings (SSSR count). The first-order valence-corrected chi connectivity index (χ1v) is 19.2. The highest BCUT2D eigenvalue weighted by molar-refractivity contribution is 6.22. The van der Waals surface area contributed by atoms with Crippen LogP contribution in [-0.4, -0.2) is 23.9 Å². The van der Waals surface area contributed by atoms with E-state index < -0.39 is 0 Å². The molecule has 1 aliphatic heterocycles. The zero-order valence-corrected chi connectivity index (χ0v) is 32.0. The minimum atomic E-state index is -0.0517. The van der Waals surface area contributed by atoms with Gasteiger partial charge in [-0.25, -0.2) is 9.67 Å². The van der Waals surface area contributed by atoms with E-state index in [0.717, 1.165) is 56.5 Å². The summed E-state index contributed by atoms with van der Waals surface area (Å²) in [6.45, 7) is 10.8. The lowest BCUT2D eigenvalue weighted by molar-refractivity contribution is 0.482. The average Bonchev–Trinajstić information content (AvgIpc) is 3.82. The fourth-order valence-corrected chi connectivity index (χ4v) is 8.98. The van der Waals surface area contributed by atoms with Crippen molar-refractivity contribution < 1.29 is 4.74 Å². The number of benzene rings is 6. The quantitative estimate of drug-likeness (QED) is 0.181. The molecular weight excluding hydrogens is 687 g/mol. The first-order chi connectivity index (χ1) is 27.2. The van der Waals surface area contributed by atoms with Gasteiger partial charge >= 0.3 is 0 Å². The largest absolute Gasteiger partial charge is 0.457 e. The number of para-hydroxylation sites is 2. The highest BCUT2D eigenvalue weighted by atomic mass is 16.5. The van der Waals surface area contributed by atoms with Gasteiger partial charge in [-0.1, -0.05) is 87.5 Å². The van der Waals surface area contributed by atoms with Crippen LogP contribution in [0, 0.1) is 13.8 Å². The molecule has 10 aromatic rings. The topological polar surface area (TPSA) is 49.8 Å². The lowest BCUT2D eigenvalue weighted by atomic mass is 9.88. The number of aryl methyl sites for hydroxylation is 2. The van der Waals surface area contributed by atoms with Gasteiger partial charge in [0.25, 0.3) is 0 Å². The van der Waals surface area contributed by atoms with E-state index in [1.54, 1.807) is 0 Å². The third-order valence-electron chi connectivity index (χ3n) is 11.5. The summed E-state index contributed by atoms with van der Waals surface area (Å²) in [5.74, 6) is 2.37. The summed E-state index contributed by atoms with van der Waals surface area (Å²) in [5.41, 5.74) is 14.8. The molecule has 5 heterocycles. The molecule has 1 aliphatic rings. The Morgan fingerprint density at radius 1 is 0.571 bits per heavy atom. The van der Waals surface area contributed by atoms with E-state index >= 15 is 0 Å². The van der Waals surface area contributed by atoms with Crippen molar-refractivity contribution in [2.45, 2.75) is 40.0 Å². The fraction of sp³-hybridized carbons (Fsp3) is 0.120. The number of aromatic nitrogens is 5. The van der Waals surface area contributed by atoms with Gasteiger partial charge in [0.05, 0.1) is 39.1 Å². The Labute approximate surface area is 324 Å². The van der Waals surface area contributed by atoms with Gasteiger partial charge in [-0.3, -0.25) is 4.57 Å². The molecule has 0 saturated heterocycles. The zero-order valence-electron chi connectivity index (χ0n) is 32.0. The Balaban J connectivity index is 1.21. The molecule has 0 bridgehead atoms. The Morgan fingerprint density at radius 3 is 2.18 bits per heavy atom. The van der Waals surface area contributed by atoms with E-state index in [4.69, 9.17) is 14.8 Å². The van der Waals surface area contributed by atoms with Crippen LogP contribution in [0.2, 0.25) is 0 Å². The second kappa shape index (κ2) is 11.8. The molecular formula is C50H39N5O. The molecule has 0 unspecified atom stereocenters. The molecule has 0 N–H and O–H groups in total. The van der Waals surface area contributed by atoms with Crippen molar-refractivity contribution >= 4 is 43.6 Å². The Kier molecular flexibility index (Phi) is 6.84. The summed E-state index contributed by atoms with van der Waals surface area (Å²) < 4.78 is 13.5. The van der Waals surface area contributed by atoms with Crippen LogP contribution in [-0.2, 0) is 5.41 Å². The van der Waals surface area contributed by atoms with Crippen molar-refractivity contribution in [3.05, 3.63) is 163 Å². The van der Waals surface area contributed by atoms with E-state index in [1.165, 1.54) is 55.0 Å². The van der Waals surface area contributed by atoms with Gasteiger partial charge in [-0.05, 0) is 96.6 Å². The lowest BCUT2D eigenvalue weighted by Gasteiger charge is -2.20. The molecule has 270 valence electrons. The molecule has 6 nitrogen and oxygen atoms in total. The summed E-state index contributed by atoms with van der Waals surface area (Å²) in [5, 5.41) is 9.54. The number of fused-ring (bicyclic) bond motifs is 12. The van der Waals surface area contributed by atoms with Crippen LogP contribution >= 0.6 is 0 Å². The maximum Gasteiger partial charge on any atom is 0.137 e.